The quantitative estimate of drug-likeness (QED) is 0.595. The third-order valence-corrected chi connectivity index (χ3v) is 4.01. The van der Waals surface area contributed by atoms with Crippen molar-refractivity contribution < 1.29 is 4.92 Å². The van der Waals surface area contributed by atoms with Crippen LogP contribution in [0.1, 0.15) is 0 Å². The van der Waals surface area contributed by atoms with E-state index in [1.807, 2.05) is 0 Å². The Labute approximate surface area is 108 Å². The second kappa shape index (κ2) is 3.87. The normalized spacial score (nSPS) is 11.0. The lowest BCUT2D eigenvalue weighted by atomic mass is 10.3. The maximum absolute atomic E-state index is 10.7. The number of hydrogen-bond acceptors (Lipinski definition) is 3. The van der Waals surface area contributed by atoms with Crippen LogP contribution in [0, 0.1) is 10.1 Å². The van der Waals surface area contributed by atoms with Gasteiger partial charge in [0.1, 0.15) is 22.0 Å². The van der Waals surface area contributed by atoms with Gasteiger partial charge < -0.3 is 4.57 Å². The zero-order chi connectivity index (χ0) is 12.0. The van der Waals surface area contributed by atoms with Crippen LogP contribution >= 0.6 is 39.1 Å². The SMILES string of the molecule is Cn1c(Cl)c(Br)c2c(Cl)c([N+](=O)[O-])cnc21. The minimum Gasteiger partial charge on any atom is -0.318 e. The van der Waals surface area contributed by atoms with Gasteiger partial charge in [0.05, 0.1) is 14.8 Å². The summed E-state index contributed by atoms with van der Waals surface area (Å²) >= 11 is 15.2. The number of hydrogen-bond donors (Lipinski definition) is 0. The Hall–Kier alpha value is -0.850. The van der Waals surface area contributed by atoms with Gasteiger partial charge in [-0.05, 0) is 15.9 Å². The second-order valence-electron chi connectivity index (χ2n) is 3.08. The molecule has 0 aliphatic heterocycles. The predicted octanol–water partition coefficient (Wildman–Crippen LogP) is 3.55. The second-order valence-corrected chi connectivity index (χ2v) is 4.61. The molecule has 8 heteroatoms. The summed E-state index contributed by atoms with van der Waals surface area (Å²) in [4.78, 5) is 14.1. The van der Waals surface area contributed by atoms with E-state index >= 15 is 0 Å². The van der Waals surface area contributed by atoms with Crippen LogP contribution in [0.15, 0.2) is 10.7 Å². The van der Waals surface area contributed by atoms with Crippen molar-refractivity contribution in [2.24, 2.45) is 7.05 Å². The smallest absolute Gasteiger partial charge is 0.306 e. The van der Waals surface area contributed by atoms with Crippen LogP contribution in [-0.2, 0) is 7.05 Å². The molecule has 0 atom stereocenters. The van der Waals surface area contributed by atoms with Crippen molar-refractivity contribution >= 4 is 55.9 Å². The molecule has 0 bridgehead atoms. The maximum Gasteiger partial charge on any atom is 0.306 e. The van der Waals surface area contributed by atoms with Gasteiger partial charge in [-0.1, -0.05) is 23.2 Å². The highest BCUT2D eigenvalue weighted by molar-refractivity contribution is 9.10. The highest BCUT2D eigenvalue weighted by atomic mass is 79.9. The summed E-state index contributed by atoms with van der Waals surface area (Å²) in [5.41, 5.74) is 0.254. The number of aryl methyl sites for hydroxylation is 1. The first kappa shape index (κ1) is 11.6. The molecule has 0 aliphatic rings. The number of aromatic nitrogens is 2. The van der Waals surface area contributed by atoms with Crippen molar-refractivity contribution in [3.05, 3.63) is 31.0 Å². The van der Waals surface area contributed by atoms with E-state index in [4.69, 9.17) is 23.2 Å². The third kappa shape index (κ3) is 1.49. The number of halogens is 3. The molecule has 2 heterocycles. The highest BCUT2D eigenvalue weighted by Gasteiger charge is 2.22. The topological polar surface area (TPSA) is 61.0 Å². The van der Waals surface area contributed by atoms with Crippen LogP contribution in [0.25, 0.3) is 11.0 Å². The molecule has 0 saturated carbocycles. The molecule has 0 aromatic carbocycles. The number of nitro groups is 1. The summed E-state index contributed by atoms with van der Waals surface area (Å²) < 4.78 is 2.10. The molecule has 0 fully saturated rings. The first-order valence-electron chi connectivity index (χ1n) is 4.07. The standard InChI is InChI=1S/C8H4BrCl2N3O2/c1-13-7(11)5(9)4-6(10)3(14(15)16)2-12-8(4)13/h2H,1H3. The third-order valence-electron chi connectivity index (χ3n) is 2.19. The molecule has 2 aromatic rings. The average Bonchev–Trinajstić information content (AvgIpc) is 2.44. The highest BCUT2D eigenvalue weighted by Crippen LogP contribution is 2.40. The lowest BCUT2D eigenvalue weighted by molar-refractivity contribution is -0.384. The molecule has 0 amide bonds. The van der Waals surface area contributed by atoms with E-state index in [9.17, 15) is 10.1 Å². The van der Waals surface area contributed by atoms with E-state index in [1.54, 1.807) is 11.6 Å². The van der Waals surface area contributed by atoms with Crippen LogP contribution in [0.2, 0.25) is 10.2 Å². The predicted molar refractivity (Wildman–Crippen MR) is 65.1 cm³/mol. The number of pyridine rings is 1. The van der Waals surface area contributed by atoms with Gasteiger partial charge in [0.15, 0.2) is 0 Å². The van der Waals surface area contributed by atoms with Gasteiger partial charge in [-0.3, -0.25) is 10.1 Å². The summed E-state index contributed by atoms with van der Waals surface area (Å²) in [6.07, 6.45) is 1.12. The van der Waals surface area contributed by atoms with Crippen molar-refractivity contribution in [1.82, 2.24) is 9.55 Å². The number of nitrogens with zero attached hydrogens (tertiary/aromatic N) is 3. The molecule has 16 heavy (non-hydrogen) atoms. The molecule has 0 radical (unpaired) electrons. The average molecular weight is 325 g/mol. The number of rotatable bonds is 1. The minimum absolute atomic E-state index is 0.0318. The fourth-order valence-electron chi connectivity index (χ4n) is 1.39. The van der Waals surface area contributed by atoms with Gasteiger partial charge >= 0.3 is 5.69 Å². The fourth-order valence-corrected chi connectivity index (χ4v) is 2.62. The molecule has 2 rings (SSSR count). The van der Waals surface area contributed by atoms with Gasteiger partial charge in [-0.15, -0.1) is 0 Å². The molecule has 0 spiro atoms. The van der Waals surface area contributed by atoms with E-state index in [0.29, 0.717) is 20.7 Å². The van der Waals surface area contributed by atoms with Gasteiger partial charge in [0, 0.05) is 7.05 Å². The molecule has 0 unspecified atom stereocenters. The van der Waals surface area contributed by atoms with Gasteiger partial charge in [-0.2, -0.15) is 0 Å². The Morgan fingerprint density at radius 2 is 2.19 bits per heavy atom. The Bertz CT molecular complexity index is 611. The van der Waals surface area contributed by atoms with Gasteiger partial charge in [-0.25, -0.2) is 4.98 Å². The summed E-state index contributed by atoms with van der Waals surface area (Å²) in [6, 6.07) is 0. The molecule has 0 saturated heterocycles. The first-order valence-corrected chi connectivity index (χ1v) is 5.62. The number of fused-ring (bicyclic) bond motifs is 1. The molecule has 0 aliphatic carbocycles. The zero-order valence-electron chi connectivity index (χ0n) is 7.87. The fraction of sp³-hybridized carbons (Fsp3) is 0.125. The van der Waals surface area contributed by atoms with E-state index in [-0.39, 0.29) is 10.7 Å². The van der Waals surface area contributed by atoms with Crippen molar-refractivity contribution in [3.8, 4) is 0 Å². The molecular weight excluding hydrogens is 321 g/mol. The van der Waals surface area contributed by atoms with Crippen molar-refractivity contribution in [1.29, 1.82) is 0 Å². The Kier molecular flexibility index (Phi) is 2.81. The summed E-state index contributed by atoms with van der Waals surface area (Å²) in [5.74, 6) is 0. The van der Waals surface area contributed by atoms with E-state index in [0.717, 1.165) is 6.20 Å². The Morgan fingerprint density at radius 1 is 1.56 bits per heavy atom. The van der Waals surface area contributed by atoms with E-state index in [1.165, 1.54) is 0 Å². The Balaban J connectivity index is 2.95. The van der Waals surface area contributed by atoms with Crippen LogP contribution < -0.4 is 0 Å². The Morgan fingerprint density at radius 3 is 2.75 bits per heavy atom. The van der Waals surface area contributed by atoms with Crippen LogP contribution in [-0.4, -0.2) is 14.5 Å². The molecule has 0 N–H and O–H groups in total. The van der Waals surface area contributed by atoms with E-state index < -0.39 is 4.92 Å². The van der Waals surface area contributed by atoms with Gasteiger partial charge in [0.2, 0.25) is 0 Å². The minimum atomic E-state index is -0.581. The summed E-state index contributed by atoms with van der Waals surface area (Å²) in [6.45, 7) is 0. The van der Waals surface area contributed by atoms with Crippen molar-refractivity contribution in [2.75, 3.05) is 0 Å². The molecule has 84 valence electrons. The zero-order valence-corrected chi connectivity index (χ0v) is 11.0. The van der Waals surface area contributed by atoms with Crippen LogP contribution in [0.4, 0.5) is 5.69 Å². The molecule has 5 nitrogen and oxygen atoms in total. The molecular formula is C8H4BrCl2N3O2. The summed E-state index contributed by atoms with van der Waals surface area (Å²) in [5, 5.41) is 11.6. The monoisotopic (exact) mass is 323 g/mol. The lowest BCUT2D eigenvalue weighted by Crippen LogP contribution is -1.93. The lowest BCUT2D eigenvalue weighted by Gasteiger charge is -1.98. The molecule has 2 aromatic heterocycles. The van der Waals surface area contributed by atoms with E-state index in [2.05, 4.69) is 20.9 Å². The largest absolute Gasteiger partial charge is 0.318 e. The van der Waals surface area contributed by atoms with Crippen molar-refractivity contribution in [3.63, 3.8) is 0 Å². The van der Waals surface area contributed by atoms with Crippen molar-refractivity contribution in [2.45, 2.75) is 0 Å². The van der Waals surface area contributed by atoms with Crippen LogP contribution in [0.3, 0.4) is 0 Å². The van der Waals surface area contributed by atoms with Crippen LogP contribution in [0.5, 0.6) is 0 Å². The maximum atomic E-state index is 10.7. The van der Waals surface area contributed by atoms with Gasteiger partial charge in [0.25, 0.3) is 0 Å². The first-order chi connectivity index (χ1) is 7.45. The summed E-state index contributed by atoms with van der Waals surface area (Å²) in [7, 11) is 1.70.